The van der Waals surface area contributed by atoms with Crippen LogP contribution in [0, 0.1) is 0 Å². The Morgan fingerprint density at radius 2 is 1.83 bits per heavy atom. The lowest BCUT2D eigenvalue weighted by molar-refractivity contribution is -0.151. The average molecular weight is 332 g/mol. The second kappa shape index (κ2) is 10.8. The number of aliphatic hydroxyl groups is 1. The van der Waals surface area contributed by atoms with Crippen LogP contribution >= 0.6 is 0 Å². The standard InChI is InChI=1S/C20H28O4/c1-15(2)7-4-8-16(3)9-5-10-17(14-21)11-6-12-18-13-19(22)24-20(18)23/h7,9,11,13-14,20,23H,4-6,8,10,12H2,1-3H3/b16-9+,17-11-/t20-/m1/s1. The number of carbonyl (C=O) groups excluding carboxylic acids is 2. The van der Waals surface area contributed by atoms with Gasteiger partial charge in [0, 0.05) is 11.6 Å². The molecule has 1 N–H and O–H groups in total. The zero-order valence-corrected chi connectivity index (χ0v) is 14.9. The van der Waals surface area contributed by atoms with Gasteiger partial charge in [-0.25, -0.2) is 4.79 Å². The SMILES string of the molecule is CC(C)=CCC/C(C)=C/CC/C(C=O)=C/CCC1=CC(=O)O[C@H]1O. The highest BCUT2D eigenvalue weighted by atomic mass is 16.6. The maximum atomic E-state index is 11.1. The minimum atomic E-state index is -1.13. The summed E-state index contributed by atoms with van der Waals surface area (Å²) in [5.41, 5.74) is 4.00. The topological polar surface area (TPSA) is 63.6 Å². The molecule has 0 radical (unpaired) electrons. The average Bonchev–Trinajstić information content (AvgIpc) is 2.83. The van der Waals surface area contributed by atoms with E-state index in [4.69, 9.17) is 0 Å². The van der Waals surface area contributed by atoms with Crippen LogP contribution in [0.1, 0.15) is 59.3 Å². The lowest BCUT2D eigenvalue weighted by Gasteiger charge is -2.06. The number of hydrogen-bond acceptors (Lipinski definition) is 4. The molecule has 0 aliphatic carbocycles. The summed E-state index contributed by atoms with van der Waals surface area (Å²) < 4.78 is 4.62. The van der Waals surface area contributed by atoms with Crippen LogP contribution in [0.3, 0.4) is 0 Å². The van der Waals surface area contributed by atoms with Gasteiger partial charge >= 0.3 is 5.97 Å². The molecule has 1 atom stereocenters. The van der Waals surface area contributed by atoms with Crippen LogP contribution in [0.5, 0.6) is 0 Å². The highest BCUT2D eigenvalue weighted by molar-refractivity contribution is 5.85. The predicted octanol–water partition coefficient (Wildman–Crippen LogP) is 4.17. The summed E-state index contributed by atoms with van der Waals surface area (Å²) >= 11 is 0. The van der Waals surface area contributed by atoms with Crippen molar-refractivity contribution in [1.29, 1.82) is 0 Å². The molecule has 0 amide bonds. The Morgan fingerprint density at radius 1 is 1.12 bits per heavy atom. The maximum Gasteiger partial charge on any atom is 0.333 e. The number of esters is 1. The predicted molar refractivity (Wildman–Crippen MR) is 95.2 cm³/mol. The van der Waals surface area contributed by atoms with Crippen molar-refractivity contribution in [2.24, 2.45) is 0 Å². The smallest absolute Gasteiger partial charge is 0.333 e. The molecular formula is C20H28O4. The van der Waals surface area contributed by atoms with Gasteiger partial charge in [-0.3, -0.25) is 4.79 Å². The van der Waals surface area contributed by atoms with Crippen molar-refractivity contribution in [1.82, 2.24) is 0 Å². The molecule has 1 aliphatic heterocycles. The molecule has 0 fully saturated rings. The highest BCUT2D eigenvalue weighted by Gasteiger charge is 2.22. The molecule has 0 bridgehead atoms. The van der Waals surface area contributed by atoms with Crippen molar-refractivity contribution in [2.75, 3.05) is 0 Å². The molecule has 0 saturated heterocycles. The van der Waals surface area contributed by atoms with Gasteiger partial charge in [0.1, 0.15) is 6.29 Å². The Kier molecular flexibility index (Phi) is 9.02. The minimum absolute atomic E-state index is 0.509. The zero-order chi connectivity index (χ0) is 17.9. The van der Waals surface area contributed by atoms with E-state index in [-0.39, 0.29) is 0 Å². The van der Waals surface area contributed by atoms with Crippen LogP contribution in [0.4, 0.5) is 0 Å². The van der Waals surface area contributed by atoms with Crippen LogP contribution in [-0.4, -0.2) is 23.7 Å². The van der Waals surface area contributed by atoms with Crippen molar-refractivity contribution < 1.29 is 19.4 Å². The molecule has 0 saturated carbocycles. The Bertz CT molecular complexity index is 560. The molecule has 4 heteroatoms. The molecule has 0 aromatic heterocycles. The summed E-state index contributed by atoms with van der Waals surface area (Å²) in [5.74, 6) is -0.509. The Morgan fingerprint density at radius 3 is 2.42 bits per heavy atom. The molecule has 0 aromatic carbocycles. The van der Waals surface area contributed by atoms with Crippen molar-refractivity contribution in [3.8, 4) is 0 Å². The molecule has 0 aromatic rings. The van der Waals surface area contributed by atoms with Crippen LogP contribution in [0.2, 0.25) is 0 Å². The lowest BCUT2D eigenvalue weighted by atomic mass is 10.0. The summed E-state index contributed by atoms with van der Waals surface area (Å²) in [5, 5.41) is 9.48. The Labute approximate surface area is 144 Å². The number of allylic oxidation sites excluding steroid dienone is 6. The molecular weight excluding hydrogens is 304 g/mol. The number of carbonyl (C=O) groups is 2. The fourth-order valence-electron chi connectivity index (χ4n) is 2.45. The number of ether oxygens (including phenoxy) is 1. The quantitative estimate of drug-likeness (QED) is 0.282. The molecule has 1 rings (SSSR count). The van der Waals surface area contributed by atoms with Crippen LogP contribution in [0.15, 0.2) is 46.6 Å². The zero-order valence-electron chi connectivity index (χ0n) is 14.9. The molecule has 0 spiro atoms. The number of rotatable bonds is 10. The van der Waals surface area contributed by atoms with Gasteiger partial charge in [0.15, 0.2) is 0 Å². The van der Waals surface area contributed by atoms with Gasteiger partial charge in [-0.15, -0.1) is 0 Å². The number of hydrogen-bond donors (Lipinski definition) is 1. The van der Waals surface area contributed by atoms with Gasteiger partial charge in [-0.1, -0.05) is 29.4 Å². The number of aldehydes is 1. The third-order valence-electron chi connectivity index (χ3n) is 3.86. The first-order valence-electron chi connectivity index (χ1n) is 8.44. The first kappa shape index (κ1) is 20.1. The first-order chi connectivity index (χ1) is 11.4. The lowest BCUT2D eigenvalue weighted by Crippen LogP contribution is -2.09. The first-order valence-corrected chi connectivity index (χ1v) is 8.44. The summed E-state index contributed by atoms with van der Waals surface area (Å²) in [4.78, 5) is 22.1. The molecule has 1 heterocycles. The Balaban J connectivity index is 2.36. The largest absolute Gasteiger partial charge is 0.429 e. The molecule has 132 valence electrons. The summed E-state index contributed by atoms with van der Waals surface area (Å²) in [6, 6.07) is 0. The summed E-state index contributed by atoms with van der Waals surface area (Å²) in [6.07, 6.45) is 12.1. The van der Waals surface area contributed by atoms with Crippen LogP contribution < -0.4 is 0 Å². The maximum absolute atomic E-state index is 11.1. The van der Waals surface area contributed by atoms with Crippen molar-refractivity contribution in [3.05, 3.63) is 46.6 Å². The molecule has 24 heavy (non-hydrogen) atoms. The number of aliphatic hydroxyl groups excluding tert-OH is 1. The third kappa shape index (κ3) is 8.06. The van der Waals surface area contributed by atoms with Crippen LogP contribution in [0.25, 0.3) is 0 Å². The monoisotopic (exact) mass is 332 g/mol. The molecule has 1 aliphatic rings. The van der Waals surface area contributed by atoms with E-state index in [1.807, 2.05) is 6.08 Å². The van der Waals surface area contributed by atoms with E-state index < -0.39 is 12.3 Å². The van der Waals surface area contributed by atoms with Crippen molar-refractivity contribution in [2.45, 2.75) is 65.6 Å². The number of cyclic esters (lactones) is 1. The fraction of sp³-hybridized carbons (Fsp3) is 0.500. The summed E-state index contributed by atoms with van der Waals surface area (Å²) in [7, 11) is 0. The van der Waals surface area contributed by atoms with E-state index in [0.29, 0.717) is 24.8 Å². The van der Waals surface area contributed by atoms with E-state index in [9.17, 15) is 14.7 Å². The van der Waals surface area contributed by atoms with Gasteiger partial charge < -0.3 is 9.84 Å². The van der Waals surface area contributed by atoms with Crippen molar-refractivity contribution >= 4 is 12.3 Å². The second-order valence-corrected chi connectivity index (χ2v) is 6.35. The van der Waals surface area contributed by atoms with Gasteiger partial charge in [0.25, 0.3) is 0 Å². The van der Waals surface area contributed by atoms with Gasteiger partial charge in [-0.05, 0) is 64.9 Å². The normalized spacial score (nSPS) is 18.2. The van der Waals surface area contributed by atoms with E-state index in [1.165, 1.54) is 17.2 Å². The van der Waals surface area contributed by atoms with Gasteiger partial charge in [0.05, 0.1) is 0 Å². The fourth-order valence-corrected chi connectivity index (χ4v) is 2.45. The van der Waals surface area contributed by atoms with E-state index >= 15 is 0 Å². The van der Waals surface area contributed by atoms with Gasteiger partial charge in [0.2, 0.25) is 6.29 Å². The molecule has 4 nitrogen and oxygen atoms in total. The van der Waals surface area contributed by atoms with E-state index in [2.05, 4.69) is 37.7 Å². The van der Waals surface area contributed by atoms with Crippen LogP contribution in [-0.2, 0) is 14.3 Å². The van der Waals surface area contributed by atoms with Crippen molar-refractivity contribution in [3.63, 3.8) is 0 Å². The Hall–Kier alpha value is -1.94. The van der Waals surface area contributed by atoms with E-state index in [1.54, 1.807) is 0 Å². The van der Waals surface area contributed by atoms with E-state index in [0.717, 1.165) is 31.1 Å². The van der Waals surface area contributed by atoms with Gasteiger partial charge in [-0.2, -0.15) is 0 Å². The summed E-state index contributed by atoms with van der Waals surface area (Å²) in [6.45, 7) is 6.32. The second-order valence-electron chi connectivity index (χ2n) is 6.35. The molecule has 0 unspecified atom stereocenters. The minimum Gasteiger partial charge on any atom is -0.429 e. The highest BCUT2D eigenvalue weighted by Crippen LogP contribution is 2.19. The third-order valence-corrected chi connectivity index (χ3v) is 3.86.